The fraction of sp³-hybridized carbons (Fsp3) is 0.250. The monoisotopic (exact) mass is 280 g/mol. The van der Waals surface area contributed by atoms with E-state index in [1.165, 1.54) is 29.5 Å². The lowest BCUT2D eigenvalue weighted by molar-refractivity contribution is 0.102. The van der Waals surface area contributed by atoms with E-state index < -0.39 is 11.7 Å². The molecule has 3 N–H and O–H groups in total. The highest BCUT2D eigenvalue weighted by molar-refractivity contribution is 7.15. The number of carbonyl (C=O) groups excluding carboxylic acids is 1. The SMILES string of the molecule is CCCc1nnc(NC(=O)c2cccc(F)c2N)s1. The van der Waals surface area contributed by atoms with Gasteiger partial charge in [0, 0.05) is 6.42 Å². The first-order chi connectivity index (χ1) is 9.11. The second kappa shape index (κ2) is 5.75. The highest BCUT2D eigenvalue weighted by Gasteiger charge is 2.14. The van der Waals surface area contributed by atoms with Crippen molar-refractivity contribution in [3.63, 3.8) is 0 Å². The lowest BCUT2D eigenvalue weighted by Crippen LogP contribution is -2.14. The first-order valence-electron chi connectivity index (χ1n) is 5.79. The fourth-order valence-electron chi connectivity index (χ4n) is 1.52. The number of para-hydroxylation sites is 1. The standard InChI is InChI=1S/C12H13FN4OS/c1-2-4-9-16-17-12(19-9)15-11(18)7-5-3-6-8(13)10(7)14/h3,5-6H,2,4,14H2,1H3,(H,15,17,18). The lowest BCUT2D eigenvalue weighted by Gasteiger charge is -2.05. The van der Waals surface area contributed by atoms with Crippen molar-refractivity contribution in [2.75, 3.05) is 11.1 Å². The molecule has 1 aromatic heterocycles. The smallest absolute Gasteiger partial charge is 0.259 e. The van der Waals surface area contributed by atoms with Crippen LogP contribution in [0.25, 0.3) is 0 Å². The predicted molar refractivity (Wildman–Crippen MR) is 72.7 cm³/mol. The number of nitrogens with zero attached hydrogens (tertiary/aromatic N) is 2. The zero-order chi connectivity index (χ0) is 13.8. The lowest BCUT2D eigenvalue weighted by atomic mass is 10.1. The van der Waals surface area contributed by atoms with Gasteiger partial charge in [0.15, 0.2) is 0 Å². The molecule has 100 valence electrons. The Morgan fingerprint density at radius 1 is 1.47 bits per heavy atom. The molecule has 2 aromatic rings. The molecule has 7 heteroatoms. The Labute approximate surface area is 113 Å². The minimum atomic E-state index is -0.614. The molecule has 1 heterocycles. The zero-order valence-electron chi connectivity index (χ0n) is 10.3. The average Bonchev–Trinajstić information content (AvgIpc) is 2.80. The van der Waals surface area contributed by atoms with E-state index in [1.54, 1.807) is 0 Å². The molecule has 0 aliphatic carbocycles. The van der Waals surface area contributed by atoms with Gasteiger partial charge in [0.2, 0.25) is 5.13 Å². The van der Waals surface area contributed by atoms with Crippen molar-refractivity contribution in [2.24, 2.45) is 0 Å². The summed E-state index contributed by atoms with van der Waals surface area (Å²) in [5.41, 5.74) is 5.44. The number of aryl methyl sites for hydroxylation is 1. The van der Waals surface area contributed by atoms with E-state index in [2.05, 4.69) is 15.5 Å². The van der Waals surface area contributed by atoms with Gasteiger partial charge < -0.3 is 5.73 Å². The Bertz CT molecular complexity index is 599. The predicted octanol–water partition coefficient (Wildman–Crippen LogP) is 2.46. The van der Waals surface area contributed by atoms with Crippen LogP contribution >= 0.6 is 11.3 Å². The van der Waals surface area contributed by atoms with E-state index in [-0.39, 0.29) is 11.3 Å². The maximum Gasteiger partial charge on any atom is 0.259 e. The molecule has 1 aromatic carbocycles. The van der Waals surface area contributed by atoms with E-state index in [1.807, 2.05) is 6.92 Å². The van der Waals surface area contributed by atoms with Crippen LogP contribution in [0.2, 0.25) is 0 Å². The third kappa shape index (κ3) is 3.05. The van der Waals surface area contributed by atoms with Gasteiger partial charge in [0.1, 0.15) is 10.8 Å². The van der Waals surface area contributed by atoms with Gasteiger partial charge in [-0.05, 0) is 18.6 Å². The number of nitrogens with two attached hydrogens (primary N) is 1. The molecule has 19 heavy (non-hydrogen) atoms. The van der Waals surface area contributed by atoms with E-state index in [4.69, 9.17) is 5.73 Å². The number of amides is 1. The minimum Gasteiger partial charge on any atom is -0.396 e. The van der Waals surface area contributed by atoms with E-state index in [9.17, 15) is 9.18 Å². The molecular weight excluding hydrogens is 267 g/mol. The van der Waals surface area contributed by atoms with Gasteiger partial charge in [0.05, 0.1) is 11.3 Å². The summed E-state index contributed by atoms with van der Waals surface area (Å²) in [7, 11) is 0. The van der Waals surface area contributed by atoms with E-state index in [0.717, 1.165) is 17.8 Å². The van der Waals surface area contributed by atoms with E-state index in [0.29, 0.717) is 5.13 Å². The number of rotatable bonds is 4. The number of hydrogen-bond acceptors (Lipinski definition) is 5. The van der Waals surface area contributed by atoms with Crippen LogP contribution in [0.1, 0.15) is 28.7 Å². The number of carbonyl (C=O) groups is 1. The van der Waals surface area contributed by atoms with Gasteiger partial charge in [0.25, 0.3) is 5.91 Å². The third-order valence-electron chi connectivity index (χ3n) is 2.45. The summed E-state index contributed by atoms with van der Waals surface area (Å²) in [4.78, 5) is 11.9. The van der Waals surface area contributed by atoms with Crippen LogP contribution in [0, 0.1) is 5.82 Å². The second-order valence-corrected chi connectivity index (χ2v) is 4.97. The summed E-state index contributed by atoms with van der Waals surface area (Å²) in [6, 6.07) is 4.10. The van der Waals surface area contributed by atoms with Crippen molar-refractivity contribution in [1.29, 1.82) is 0 Å². The quantitative estimate of drug-likeness (QED) is 0.843. The van der Waals surface area contributed by atoms with Gasteiger partial charge in [-0.2, -0.15) is 0 Å². The number of hydrogen-bond donors (Lipinski definition) is 2. The van der Waals surface area contributed by atoms with Crippen LogP contribution in [0.15, 0.2) is 18.2 Å². The molecule has 0 saturated carbocycles. The molecule has 0 spiro atoms. The Kier molecular flexibility index (Phi) is 4.06. The van der Waals surface area contributed by atoms with Crippen LogP contribution in [-0.2, 0) is 6.42 Å². The maximum atomic E-state index is 13.3. The van der Waals surface area contributed by atoms with Crippen LogP contribution in [0.5, 0.6) is 0 Å². The van der Waals surface area contributed by atoms with Gasteiger partial charge in [-0.25, -0.2) is 4.39 Å². The second-order valence-electron chi connectivity index (χ2n) is 3.91. The van der Waals surface area contributed by atoms with Crippen LogP contribution in [-0.4, -0.2) is 16.1 Å². The highest BCUT2D eigenvalue weighted by Crippen LogP contribution is 2.20. The molecule has 5 nitrogen and oxygen atoms in total. The maximum absolute atomic E-state index is 13.3. The normalized spacial score (nSPS) is 10.4. The molecule has 0 radical (unpaired) electrons. The Morgan fingerprint density at radius 2 is 2.26 bits per heavy atom. The van der Waals surface area contributed by atoms with Crippen molar-refractivity contribution >= 4 is 28.1 Å². The first kappa shape index (κ1) is 13.4. The summed E-state index contributed by atoms with van der Waals surface area (Å²) < 4.78 is 13.3. The molecule has 0 saturated heterocycles. The van der Waals surface area contributed by atoms with Crippen molar-refractivity contribution in [2.45, 2.75) is 19.8 Å². The largest absolute Gasteiger partial charge is 0.396 e. The van der Waals surface area contributed by atoms with Crippen LogP contribution < -0.4 is 11.1 Å². The Morgan fingerprint density at radius 3 is 3.00 bits per heavy atom. The van der Waals surface area contributed by atoms with Crippen molar-refractivity contribution in [3.8, 4) is 0 Å². The summed E-state index contributed by atoms with van der Waals surface area (Å²) in [5.74, 6) is -1.10. The molecular formula is C12H13FN4OS. The molecule has 0 atom stereocenters. The number of anilines is 2. The summed E-state index contributed by atoms with van der Waals surface area (Å²) >= 11 is 1.30. The Balaban J connectivity index is 2.14. The summed E-state index contributed by atoms with van der Waals surface area (Å²) in [6.45, 7) is 2.03. The minimum absolute atomic E-state index is 0.0900. The summed E-state index contributed by atoms with van der Waals surface area (Å²) in [6.07, 6.45) is 1.77. The number of nitrogen functional groups attached to an aromatic ring is 1. The van der Waals surface area contributed by atoms with Crippen molar-refractivity contribution in [3.05, 3.63) is 34.6 Å². The van der Waals surface area contributed by atoms with Gasteiger partial charge in [-0.1, -0.05) is 24.3 Å². The number of benzene rings is 1. The molecule has 0 aliphatic rings. The summed E-state index contributed by atoms with van der Waals surface area (Å²) in [5, 5.41) is 11.6. The molecule has 0 unspecified atom stereocenters. The topological polar surface area (TPSA) is 80.9 Å². The van der Waals surface area contributed by atoms with Crippen LogP contribution in [0.3, 0.4) is 0 Å². The third-order valence-corrected chi connectivity index (χ3v) is 3.35. The molecule has 0 aliphatic heterocycles. The molecule has 0 fully saturated rings. The number of nitrogens with one attached hydrogen (secondary N) is 1. The van der Waals surface area contributed by atoms with Crippen molar-refractivity contribution in [1.82, 2.24) is 10.2 Å². The number of aromatic nitrogens is 2. The molecule has 2 rings (SSSR count). The molecule has 0 bridgehead atoms. The number of halogens is 1. The fourth-order valence-corrected chi connectivity index (χ4v) is 2.35. The van der Waals surface area contributed by atoms with Crippen LogP contribution in [0.4, 0.5) is 15.2 Å². The van der Waals surface area contributed by atoms with Gasteiger partial charge in [-0.15, -0.1) is 10.2 Å². The first-order valence-corrected chi connectivity index (χ1v) is 6.61. The Hall–Kier alpha value is -2.02. The van der Waals surface area contributed by atoms with Gasteiger partial charge >= 0.3 is 0 Å². The average molecular weight is 280 g/mol. The van der Waals surface area contributed by atoms with Gasteiger partial charge in [-0.3, -0.25) is 10.1 Å². The van der Waals surface area contributed by atoms with Crippen molar-refractivity contribution < 1.29 is 9.18 Å². The molecule has 1 amide bonds. The zero-order valence-corrected chi connectivity index (χ0v) is 11.1. The highest BCUT2D eigenvalue weighted by atomic mass is 32.1. The van der Waals surface area contributed by atoms with E-state index >= 15 is 0 Å².